The number of aromatic nitrogens is 1. The second-order valence-electron chi connectivity index (χ2n) is 6.87. The van der Waals surface area contributed by atoms with Gasteiger partial charge < -0.3 is 14.5 Å². The summed E-state index contributed by atoms with van der Waals surface area (Å²) in [6, 6.07) is 23.7. The molecule has 1 atom stereocenters. The minimum absolute atomic E-state index is 0.0338. The number of aryl methyl sites for hydroxylation is 1. The molecule has 0 fully saturated rings. The van der Waals surface area contributed by atoms with Crippen LogP contribution in [0.15, 0.2) is 88.5 Å². The number of oxazole rings is 1. The average molecular weight is 433 g/mol. The van der Waals surface area contributed by atoms with Gasteiger partial charge in [-0.15, -0.1) is 0 Å². The Bertz CT molecular complexity index is 1160. The van der Waals surface area contributed by atoms with Crippen LogP contribution in [0.2, 0.25) is 0 Å². The molecule has 1 unspecified atom stereocenters. The molecule has 31 heavy (non-hydrogen) atoms. The van der Waals surface area contributed by atoms with Gasteiger partial charge in [-0.1, -0.05) is 71.9 Å². The van der Waals surface area contributed by atoms with Crippen LogP contribution in [0.3, 0.4) is 0 Å². The van der Waals surface area contributed by atoms with Crippen molar-refractivity contribution in [1.82, 2.24) is 4.98 Å². The molecule has 156 valence electrons. The SMILES string of the molecule is Cc1ccc(NC(=O)C(OC(=O)CSc2nc3ccccc3o2)c2ccccc2)cc1. The zero-order valence-corrected chi connectivity index (χ0v) is 17.6. The molecule has 4 rings (SSSR count). The van der Waals surface area contributed by atoms with Crippen LogP contribution in [-0.2, 0) is 14.3 Å². The number of carbonyl (C=O) groups excluding carboxylic acids is 2. The lowest BCUT2D eigenvalue weighted by Crippen LogP contribution is -2.26. The first kappa shape index (κ1) is 20.7. The third-order valence-corrected chi connectivity index (χ3v) is 5.30. The molecule has 0 bridgehead atoms. The van der Waals surface area contributed by atoms with Gasteiger partial charge >= 0.3 is 5.97 Å². The van der Waals surface area contributed by atoms with Gasteiger partial charge in [-0.25, -0.2) is 4.98 Å². The lowest BCUT2D eigenvalue weighted by Gasteiger charge is -2.18. The van der Waals surface area contributed by atoms with Crippen LogP contribution in [-0.4, -0.2) is 22.6 Å². The monoisotopic (exact) mass is 432 g/mol. The number of carbonyl (C=O) groups is 2. The Kier molecular flexibility index (Phi) is 6.33. The third-order valence-electron chi connectivity index (χ3n) is 4.50. The fourth-order valence-electron chi connectivity index (χ4n) is 2.94. The lowest BCUT2D eigenvalue weighted by atomic mass is 10.1. The van der Waals surface area contributed by atoms with Gasteiger partial charge in [0.05, 0.1) is 0 Å². The molecule has 1 heterocycles. The van der Waals surface area contributed by atoms with Crippen molar-refractivity contribution in [3.8, 4) is 0 Å². The molecule has 1 aromatic heterocycles. The molecule has 0 radical (unpaired) electrons. The van der Waals surface area contributed by atoms with Gasteiger partial charge in [0.25, 0.3) is 11.1 Å². The maximum Gasteiger partial charge on any atom is 0.317 e. The average Bonchev–Trinajstić information content (AvgIpc) is 3.21. The Balaban J connectivity index is 1.44. The highest BCUT2D eigenvalue weighted by Crippen LogP contribution is 2.25. The van der Waals surface area contributed by atoms with Crippen molar-refractivity contribution in [1.29, 1.82) is 0 Å². The molecule has 7 heteroatoms. The van der Waals surface area contributed by atoms with Crippen molar-refractivity contribution in [3.05, 3.63) is 90.0 Å². The summed E-state index contributed by atoms with van der Waals surface area (Å²) in [4.78, 5) is 29.8. The Labute approximate surface area is 183 Å². The van der Waals surface area contributed by atoms with E-state index < -0.39 is 18.0 Å². The largest absolute Gasteiger partial charge is 0.447 e. The van der Waals surface area contributed by atoms with Gasteiger partial charge in [0.1, 0.15) is 11.3 Å². The van der Waals surface area contributed by atoms with Crippen molar-refractivity contribution < 1.29 is 18.7 Å². The summed E-state index contributed by atoms with van der Waals surface area (Å²) in [5, 5.41) is 3.18. The van der Waals surface area contributed by atoms with E-state index in [1.165, 1.54) is 0 Å². The van der Waals surface area contributed by atoms with E-state index in [0.717, 1.165) is 22.8 Å². The van der Waals surface area contributed by atoms with Crippen molar-refractivity contribution in [2.24, 2.45) is 0 Å². The highest BCUT2D eigenvalue weighted by molar-refractivity contribution is 7.99. The number of para-hydroxylation sites is 2. The van der Waals surface area contributed by atoms with Crippen LogP contribution >= 0.6 is 11.8 Å². The summed E-state index contributed by atoms with van der Waals surface area (Å²) in [6.07, 6.45) is -1.07. The molecule has 0 spiro atoms. The number of hydrogen-bond donors (Lipinski definition) is 1. The van der Waals surface area contributed by atoms with Crippen molar-refractivity contribution >= 4 is 40.4 Å². The molecule has 0 aliphatic heterocycles. The van der Waals surface area contributed by atoms with Crippen LogP contribution in [0.5, 0.6) is 0 Å². The molecule has 0 aliphatic carbocycles. The number of thioether (sulfide) groups is 1. The fourth-order valence-corrected chi connectivity index (χ4v) is 3.57. The molecule has 6 nitrogen and oxygen atoms in total. The van der Waals surface area contributed by atoms with E-state index >= 15 is 0 Å². The van der Waals surface area contributed by atoms with E-state index in [1.807, 2.05) is 49.4 Å². The molecule has 0 saturated heterocycles. The molecular formula is C24H20N2O4S. The standard InChI is InChI=1S/C24H20N2O4S/c1-16-11-13-18(14-12-16)25-23(28)22(17-7-3-2-4-8-17)30-21(27)15-31-24-26-19-9-5-6-10-20(19)29-24/h2-14,22H,15H2,1H3,(H,25,28). The molecule has 1 N–H and O–H groups in total. The first-order valence-electron chi connectivity index (χ1n) is 9.69. The molecule has 0 saturated carbocycles. The Hall–Kier alpha value is -3.58. The van der Waals surface area contributed by atoms with Gasteiger partial charge in [-0.2, -0.15) is 0 Å². The number of amides is 1. The second-order valence-corrected chi connectivity index (χ2v) is 7.80. The lowest BCUT2D eigenvalue weighted by molar-refractivity contribution is -0.152. The summed E-state index contributed by atoms with van der Waals surface area (Å²) in [6.45, 7) is 1.97. The number of fused-ring (bicyclic) bond motifs is 1. The van der Waals surface area contributed by atoms with Crippen molar-refractivity contribution in [2.45, 2.75) is 18.3 Å². The van der Waals surface area contributed by atoms with E-state index in [4.69, 9.17) is 9.15 Å². The number of ether oxygens (including phenoxy) is 1. The summed E-state index contributed by atoms with van der Waals surface area (Å²) in [7, 11) is 0. The van der Waals surface area contributed by atoms with Crippen LogP contribution in [0, 0.1) is 6.92 Å². The summed E-state index contributed by atoms with van der Waals surface area (Å²) in [5.74, 6) is -0.996. The molecule has 0 aliphatic rings. The molecular weight excluding hydrogens is 412 g/mol. The first-order chi connectivity index (χ1) is 15.1. The number of anilines is 1. The van der Waals surface area contributed by atoms with E-state index in [9.17, 15) is 9.59 Å². The van der Waals surface area contributed by atoms with Gasteiger partial charge in [0.15, 0.2) is 5.58 Å². The smallest absolute Gasteiger partial charge is 0.317 e. The Morgan fingerprint density at radius 1 is 1.00 bits per heavy atom. The number of esters is 1. The predicted octanol–water partition coefficient (Wildman–Crippen LogP) is 5.15. The van der Waals surface area contributed by atoms with Crippen LogP contribution in [0.1, 0.15) is 17.2 Å². The van der Waals surface area contributed by atoms with Crippen LogP contribution in [0.4, 0.5) is 5.69 Å². The normalized spacial score (nSPS) is 11.8. The minimum Gasteiger partial charge on any atom is -0.447 e. The van der Waals surface area contributed by atoms with Gasteiger partial charge in [-0.3, -0.25) is 9.59 Å². The number of hydrogen-bond acceptors (Lipinski definition) is 6. The zero-order valence-electron chi connectivity index (χ0n) is 16.8. The predicted molar refractivity (Wildman–Crippen MR) is 120 cm³/mol. The summed E-state index contributed by atoms with van der Waals surface area (Å²) in [5.41, 5.74) is 3.68. The van der Waals surface area contributed by atoms with Gasteiger partial charge in [-0.05, 0) is 31.2 Å². The van der Waals surface area contributed by atoms with E-state index in [2.05, 4.69) is 10.3 Å². The topological polar surface area (TPSA) is 81.4 Å². The zero-order chi connectivity index (χ0) is 21.6. The highest BCUT2D eigenvalue weighted by Gasteiger charge is 2.25. The first-order valence-corrected chi connectivity index (χ1v) is 10.7. The van der Waals surface area contributed by atoms with Gasteiger partial charge in [0.2, 0.25) is 6.10 Å². The summed E-state index contributed by atoms with van der Waals surface area (Å²) >= 11 is 1.12. The molecule has 1 amide bonds. The number of nitrogens with one attached hydrogen (secondary N) is 1. The maximum atomic E-state index is 12.9. The number of rotatable bonds is 7. The highest BCUT2D eigenvalue weighted by atomic mass is 32.2. The minimum atomic E-state index is -1.07. The van der Waals surface area contributed by atoms with Crippen molar-refractivity contribution in [2.75, 3.05) is 11.1 Å². The fraction of sp³-hybridized carbons (Fsp3) is 0.125. The maximum absolute atomic E-state index is 12.9. The van der Waals surface area contributed by atoms with Crippen LogP contribution in [0.25, 0.3) is 11.1 Å². The van der Waals surface area contributed by atoms with E-state index in [-0.39, 0.29) is 5.75 Å². The van der Waals surface area contributed by atoms with Gasteiger partial charge in [0, 0.05) is 11.3 Å². The number of nitrogens with zero attached hydrogens (tertiary/aromatic N) is 1. The van der Waals surface area contributed by atoms with Crippen LogP contribution < -0.4 is 5.32 Å². The van der Waals surface area contributed by atoms with E-state index in [0.29, 0.717) is 22.1 Å². The van der Waals surface area contributed by atoms with Crippen molar-refractivity contribution in [3.63, 3.8) is 0 Å². The molecule has 4 aromatic rings. The van der Waals surface area contributed by atoms with E-state index in [1.54, 1.807) is 36.4 Å². The Morgan fingerprint density at radius 2 is 1.71 bits per heavy atom. The Morgan fingerprint density at radius 3 is 2.45 bits per heavy atom. The molecule has 3 aromatic carbocycles. The summed E-state index contributed by atoms with van der Waals surface area (Å²) < 4.78 is 11.2. The second kappa shape index (κ2) is 9.49. The number of benzene rings is 3. The third kappa shape index (κ3) is 5.32. The quantitative estimate of drug-likeness (QED) is 0.321.